The molecule has 4 rings (SSSR count). The number of alkyl halides is 1. The van der Waals surface area contributed by atoms with E-state index in [9.17, 15) is 4.39 Å². The molecule has 1 atom stereocenters. The van der Waals surface area contributed by atoms with Gasteiger partial charge in [-0.05, 0) is 57.1 Å². The van der Waals surface area contributed by atoms with Gasteiger partial charge in [-0.3, -0.25) is 0 Å². The van der Waals surface area contributed by atoms with Crippen molar-refractivity contribution in [2.75, 3.05) is 26.2 Å². The van der Waals surface area contributed by atoms with Crippen LogP contribution in [0.25, 0.3) is 0 Å². The lowest BCUT2D eigenvalue weighted by atomic mass is 9.85. The van der Waals surface area contributed by atoms with Gasteiger partial charge in [-0.25, -0.2) is 4.39 Å². The molecule has 0 spiro atoms. The molecule has 1 saturated carbocycles. The Hall–Kier alpha value is -1.45. The van der Waals surface area contributed by atoms with Crippen LogP contribution >= 0.6 is 0 Å². The summed E-state index contributed by atoms with van der Waals surface area (Å²) in [4.78, 5) is 0. The van der Waals surface area contributed by atoms with Crippen molar-refractivity contribution in [3.63, 3.8) is 0 Å². The molecule has 0 aromatic heterocycles. The van der Waals surface area contributed by atoms with E-state index in [1.54, 1.807) is 13.8 Å². The fraction of sp³-hybridized carbons (Fsp3) is 0.643. The quantitative estimate of drug-likeness (QED) is 0.440. The van der Waals surface area contributed by atoms with E-state index in [1.807, 2.05) is 0 Å². The molecule has 3 aliphatic rings. The second kappa shape index (κ2) is 9.58. The number of halogens is 1. The molecule has 2 aliphatic carbocycles. The zero-order valence-corrected chi connectivity index (χ0v) is 19.6. The van der Waals surface area contributed by atoms with Gasteiger partial charge >= 0.3 is 0 Å². The van der Waals surface area contributed by atoms with Crippen molar-refractivity contribution in [3.8, 4) is 0 Å². The monoisotopic (exact) mass is 426 g/mol. The molecular formula is C28H41FNO+. The molecule has 1 heterocycles. The Labute approximate surface area is 188 Å². The maximum atomic E-state index is 14.8. The summed E-state index contributed by atoms with van der Waals surface area (Å²) < 4.78 is 22.5. The summed E-state index contributed by atoms with van der Waals surface area (Å²) in [5.41, 5.74) is -0.209. The van der Waals surface area contributed by atoms with Crippen molar-refractivity contribution in [1.82, 2.24) is 0 Å². The van der Waals surface area contributed by atoms with Crippen LogP contribution in [0.2, 0.25) is 0 Å². The minimum Gasteiger partial charge on any atom is -0.366 e. The molecule has 1 saturated heterocycles. The third-order valence-corrected chi connectivity index (χ3v) is 7.88. The van der Waals surface area contributed by atoms with Gasteiger partial charge in [0.15, 0.2) is 5.67 Å². The molecule has 1 aromatic rings. The molecule has 1 aliphatic heterocycles. The van der Waals surface area contributed by atoms with E-state index in [0.717, 1.165) is 43.4 Å². The second-order valence-electron chi connectivity index (χ2n) is 10.8. The summed E-state index contributed by atoms with van der Waals surface area (Å²) in [7, 11) is 0. The zero-order chi connectivity index (χ0) is 21.8. The van der Waals surface area contributed by atoms with Crippen LogP contribution in [0.3, 0.4) is 0 Å². The molecular weight excluding hydrogens is 385 g/mol. The molecule has 0 N–H and O–H groups in total. The predicted octanol–water partition coefficient (Wildman–Crippen LogP) is 6.72. The Morgan fingerprint density at radius 2 is 1.71 bits per heavy atom. The highest BCUT2D eigenvalue weighted by Crippen LogP contribution is 2.38. The van der Waals surface area contributed by atoms with Crippen molar-refractivity contribution >= 4 is 0 Å². The Morgan fingerprint density at radius 1 is 1.00 bits per heavy atom. The largest absolute Gasteiger partial charge is 0.366 e. The minimum atomic E-state index is -1.10. The summed E-state index contributed by atoms with van der Waals surface area (Å²) in [6.45, 7) is 7.23. The first-order valence-corrected chi connectivity index (χ1v) is 12.5. The first kappa shape index (κ1) is 22.7. The number of hydrogen-bond acceptors (Lipinski definition) is 1. The highest BCUT2D eigenvalue weighted by Gasteiger charge is 2.45. The zero-order valence-electron chi connectivity index (χ0n) is 19.6. The maximum absolute atomic E-state index is 14.8. The third kappa shape index (κ3) is 5.49. The lowest BCUT2D eigenvalue weighted by Crippen LogP contribution is -2.63. The van der Waals surface area contributed by atoms with E-state index in [-0.39, 0.29) is 5.60 Å². The molecule has 2 nitrogen and oxygen atoms in total. The number of piperidine rings is 1. The third-order valence-electron chi connectivity index (χ3n) is 7.88. The Balaban J connectivity index is 1.41. The van der Waals surface area contributed by atoms with Crippen LogP contribution in [0.1, 0.15) is 70.8 Å². The molecule has 1 unspecified atom stereocenters. The van der Waals surface area contributed by atoms with Crippen LogP contribution in [-0.2, 0) is 10.3 Å². The van der Waals surface area contributed by atoms with Crippen LogP contribution in [0.4, 0.5) is 4.39 Å². The van der Waals surface area contributed by atoms with Crippen molar-refractivity contribution in [2.24, 2.45) is 5.92 Å². The van der Waals surface area contributed by atoms with Gasteiger partial charge in [0, 0.05) is 19.3 Å². The molecule has 2 fully saturated rings. The normalized spacial score (nSPS) is 32.3. The van der Waals surface area contributed by atoms with Crippen LogP contribution < -0.4 is 0 Å². The summed E-state index contributed by atoms with van der Waals surface area (Å²) >= 11 is 0. The van der Waals surface area contributed by atoms with Crippen LogP contribution in [0.15, 0.2) is 54.6 Å². The van der Waals surface area contributed by atoms with Gasteiger partial charge in [0.25, 0.3) is 0 Å². The standard InChI is InChI=1S/C28H41FNO/c1-27(2,29)23-30(26-14-8-4-9-15-26)20-16-24(17-21-30)22-31-28(18-10-5-11-19-28)25-12-6-3-7-13-25/h3,5-7,10-13,18,24,26H,4,8-9,14-17,19-23H2,1-2H3/q+1. The number of benzene rings is 1. The first-order valence-electron chi connectivity index (χ1n) is 12.5. The van der Waals surface area contributed by atoms with Gasteiger partial charge in [0.1, 0.15) is 12.1 Å². The molecule has 170 valence electrons. The van der Waals surface area contributed by atoms with Crippen molar-refractivity contribution < 1.29 is 13.6 Å². The van der Waals surface area contributed by atoms with Crippen LogP contribution in [0, 0.1) is 5.92 Å². The smallest absolute Gasteiger partial charge is 0.153 e. The van der Waals surface area contributed by atoms with Crippen molar-refractivity contribution in [3.05, 3.63) is 60.2 Å². The van der Waals surface area contributed by atoms with Crippen LogP contribution in [-0.4, -0.2) is 42.4 Å². The fourth-order valence-corrected chi connectivity index (χ4v) is 6.32. The molecule has 0 amide bonds. The van der Waals surface area contributed by atoms with Crippen molar-refractivity contribution in [2.45, 2.75) is 82.5 Å². The Bertz CT molecular complexity index is 751. The average molecular weight is 427 g/mol. The topological polar surface area (TPSA) is 9.23 Å². The number of hydrogen-bond donors (Lipinski definition) is 0. The molecule has 0 bridgehead atoms. The Kier molecular flexibility index (Phi) is 7.03. The van der Waals surface area contributed by atoms with E-state index in [0.29, 0.717) is 18.5 Å². The minimum absolute atomic E-state index is 0.344. The van der Waals surface area contributed by atoms with Crippen LogP contribution in [0.5, 0.6) is 0 Å². The van der Waals surface area contributed by atoms with Crippen molar-refractivity contribution in [1.29, 1.82) is 0 Å². The summed E-state index contributed by atoms with van der Waals surface area (Å²) in [6, 6.07) is 11.3. The molecule has 1 aromatic carbocycles. The SMILES string of the molecule is CC(C)(F)C[N+]1(C2CCCCC2)CCC(COC2(c3ccccc3)C=CC=CC2)CC1. The van der Waals surface area contributed by atoms with Gasteiger partial charge in [-0.15, -0.1) is 0 Å². The van der Waals surface area contributed by atoms with Gasteiger partial charge in [0.05, 0.1) is 25.7 Å². The van der Waals surface area contributed by atoms with Gasteiger partial charge < -0.3 is 9.22 Å². The number of ether oxygens (including phenoxy) is 1. The number of rotatable bonds is 7. The number of nitrogens with zero attached hydrogens (tertiary/aromatic N) is 1. The number of allylic oxidation sites excluding steroid dienone is 2. The summed E-state index contributed by atoms with van der Waals surface area (Å²) in [6.07, 6.45) is 18.4. The first-order chi connectivity index (χ1) is 14.9. The predicted molar refractivity (Wildman–Crippen MR) is 127 cm³/mol. The van der Waals surface area contributed by atoms with Gasteiger partial charge in [-0.1, -0.05) is 55.0 Å². The molecule has 0 radical (unpaired) electrons. The average Bonchev–Trinajstić information content (AvgIpc) is 2.79. The van der Waals surface area contributed by atoms with E-state index in [4.69, 9.17) is 4.74 Å². The molecule has 3 heteroatoms. The van der Waals surface area contributed by atoms with E-state index >= 15 is 0 Å². The summed E-state index contributed by atoms with van der Waals surface area (Å²) in [5, 5.41) is 0. The Morgan fingerprint density at radius 3 is 2.32 bits per heavy atom. The molecule has 31 heavy (non-hydrogen) atoms. The maximum Gasteiger partial charge on any atom is 0.153 e. The van der Waals surface area contributed by atoms with E-state index in [1.165, 1.54) is 37.7 Å². The van der Waals surface area contributed by atoms with Gasteiger partial charge in [-0.2, -0.15) is 0 Å². The lowest BCUT2D eigenvalue weighted by Gasteiger charge is -2.52. The lowest BCUT2D eigenvalue weighted by molar-refractivity contribution is -0.961. The number of likely N-dealkylation sites (tertiary alicyclic amines) is 1. The highest BCUT2D eigenvalue weighted by molar-refractivity contribution is 5.32. The van der Waals surface area contributed by atoms with E-state index < -0.39 is 5.67 Å². The summed E-state index contributed by atoms with van der Waals surface area (Å²) in [5.74, 6) is 0.567. The fourth-order valence-electron chi connectivity index (χ4n) is 6.32. The second-order valence-corrected chi connectivity index (χ2v) is 10.8. The van der Waals surface area contributed by atoms with E-state index in [2.05, 4.69) is 54.6 Å². The highest BCUT2D eigenvalue weighted by atomic mass is 19.1. The van der Waals surface area contributed by atoms with Gasteiger partial charge in [0.2, 0.25) is 0 Å². The number of quaternary nitrogens is 1.